The van der Waals surface area contributed by atoms with Crippen LogP contribution in [0.1, 0.15) is 63.8 Å². The van der Waals surface area contributed by atoms with E-state index in [0.29, 0.717) is 0 Å². The van der Waals surface area contributed by atoms with E-state index in [1.54, 1.807) is 0 Å². The molecule has 20 aromatic rings. The normalized spacial score (nSPS) is 16.0. The number of hydrogen-bond donors (Lipinski definition) is 0. The maximum absolute atomic E-state index is 7.27. The van der Waals surface area contributed by atoms with Crippen LogP contribution in [0.4, 0.5) is 34.1 Å². The summed E-state index contributed by atoms with van der Waals surface area (Å²) in [4.78, 5) is 5.18. The standard InChI is InChI=1S/C98H68N2O2/c1-95(2,3)97(75-37-15-11-33-71(75)91-67-31-9-7-27-63(67)83(55-77(91)97)99(81-39-21-35-69-65-29-13-17-41-85(65)101-93(69)81)79-53-49-61-45-43-57-23-19-25-59-47-51-73(79)89(61)87(57)59)98(96(4,5)6)76-38-16-12-34-72(76)92-68-32-10-8-28-64(68)84(56-78(92)98)100(82-40-22-36-70-66-30-14-18-42-86(66)102-94(70)82)80-54-50-62-46-44-58-24-20-26-60-48-52-74(80)90(62)88(58)60/h7-56H,1-6H3. The molecule has 2 aliphatic carbocycles. The Labute approximate surface area is 590 Å². The number of hydrogen-bond acceptors (Lipinski definition) is 4. The third-order valence-corrected chi connectivity index (χ3v) is 24.1. The molecule has 2 aliphatic rings. The highest BCUT2D eigenvalue weighted by Crippen LogP contribution is 2.77. The molecule has 4 nitrogen and oxygen atoms in total. The monoisotopic (exact) mass is 1300 g/mol. The number of nitrogens with zero attached hydrogens (tertiary/aromatic N) is 2. The second-order valence-corrected chi connectivity index (χ2v) is 30.9. The van der Waals surface area contributed by atoms with Crippen LogP contribution in [-0.4, -0.2) is 0 Å². The lowest BCUT2D eigenvalue weighted by Crippen LogP contribution is -2.62. The van der Waals surface area contributed by atoms with Crippen LogP contribution in [0.3, 0.4) is 0 Å². The van der Waals surface area contributed by atoms with Crippen molar-refractivity contribution in [3.05, 3.63) is 326 Å². The first kappa shape index (κ1) is 57.6. The summed E-state index contributed by atoms with van der Waals surface area (Å²) in [6.45, 7) is 15.3. The lowest BCUT2D eigenvalue weighted by molar-refractivity contribution is 0.0595. The van der Waals surface area contributed by atoms with Gasteiger partial charge in [0.2, 0.25) is 0 Å². The molecule has 18 aromatic carbocycles. The highest BCUT2D eigenvalue weighted by atomic mass is 16.3. The Balaban J connectivity index is 0.903. The van der Waals surface area contributed by atoms with Gasteiger partial charge < -0.3 is 18.6 Å². The Morgan fingerprint density at radius 2 is 0.559 bits per heavy atom. The minimum atomic E-state index is -0.833. The molecule has 0 N–H and O–H groups in total. The molecule has 2 unspecified atom stereocenters. The Morgan fingerprint density at radius 1 is 0.235 bits per heavy atom. The third kappa shape index (κ3) is 7.21. The van der Waals surface area contributed by atoms with E-state index in [9.17, 15) is 0 Å². The molecule has 4 heteroatoms. The molecule has 0 spiro atoms. The number of anilines is 6. The van der Waals surface area contributed by atoms with E-state index >= 15 is 0 Å². The number of fused-ring (bicyclic) bond motifs is 16. The fraction of sp³-hybridized carbons (Fsp3) is 0.102. The van der Waals surface area contributed by atoms with Crippen LogP contribution in [0.2, 0.25) is 0 Å². The van der Waals surface area contributed by atoms with Gasteiger partial charge in [0.05, 0.1) is 34.1 Å². The van der Waals surface area contributed by atoms with Crippen molar-refractivity contribution in [1.82, 2.24) is 0 Å². The van der Waals surface area contributed by atoms with Gasteiger partial charge in [-0.05, 0) is 169 Å². The van der Waals surface area contributed by atoms with Crippen LogP contribution in [0.25, 0.3) is 152 Å². The summed E-state index contributed by atoms with van der Waals surface area (Å²) in [6, 6.07) is 115. The molecule has 0 saturated carbocycles. The summed E-state index contributed by atoms with van der Waals surface area (Å²) in [7, 11) is 0. The van der Waals surface area contributed by atoms with Gasteiger partial charge in [-0.15, -0.1) is 0 Å². The van der Waals surface area contributed by atoms with Crippen molar-refractivity contribution in [1.29, 1.82) is 0 Å². The Hall–Kier alpha value is -12.2. The van der Waals surface area contributed by atoms with Gasteiger partial charge in [-0.1, -0.05) is 296 Å². The number of benzene rings is 18. The zero-order chi connectivity index (χ0) is 67.9. The minimum Gasteiger partial charge on any atom is -0.454 e. The maximum Gasteiger partial charge on any atom is 0.159 e. The molecule has 482 valence electrons. The fourth-order valence-electron chi connectivity index (χ4n) is 20.6. The van der Waals surface area contributed by atoms with Crippen molar-refractivity contribution in [2.75, 3.05) is 9.80 Å². The van der Waals surface area contributed by atoms with Crippen LogP contribution in [0, 0.1) is 10.8 Å². The van der Waals surface area contributed by atoms with E-state index in [1.807, 2.05) is 0 Å². The summed E-state index contributed by atoms with van der Waals surface area (Å²) in [5.74, 6) is 0. The van der Waals surface area contributed by atoms with E-state index in [2.05, 4.69) is 355 Å². The Kier molecular flexibility index (Phi) is 11.4. The predicted molar refractivity (Wildman–Crippen MR) is 431 cm³/mol. The Bertz CT molecular complexity index is 6560. The second kappa shape index (κ2) is 20.2. The molecule has 0 saturated heterocycles. The second-order valence-electron chi connectivity index (χ2n) is 30.9. The van der Waals surface area contributed by atoms with Crippen LogP contribution in [0.5, 0.6) is 0 Å². The summed E-state index contributed by atoms with van der Waals surface area (Å²) in [5, 5.41) is 23.8. The molecular formula is C98H68N2O2. The maximum atomic E-state index is 7.27. The number of rotatable bonds is 7. The smallest absolute Gasteiger partial charge is 0.159 e. The highest BCUT2D eigenvalue weighted by molar-refractivity contribution is 6.29. The van der Waals surface area contributed by atoms with E-state index in [4.69, 9.17) is 8.83 Å². The first-order chi connectivity index (χ1) is 49.9. The van der Waals surface area contributed by atoms with E-state index < -0.39 is 21.7 Å². The minimum absolute atomic E-state index is 0.524. The third-order valence-electron chi connectivity index (χ3n) is 24.1. The highest BCUT2D eigenvalue weighted by Gasteiger charge is 2.71. The molecule has 0 bridgehead atoms. The average Bonchev–Trinajstić information content (AvgIpc) is 1.45. The SMILES string of the molecule is CC(C)(C)C1(C2(C(C)(C)C)c3ccccc3-c3c2cc(N(c2ccc4ccc5cccc6ccc2c4c56)c2cccc4c2oc2ccccc24)c2ccccc32)c2ccccc2-c2c1cc(N(c1ccc3ccc4cccc5ccc1c3c45)c1cccc3c1oc1ccccc13)c1ccccc21. The number of furan rings is 2. The van der Waals surface area contributed by atoms with Gasteiger partial charge in [-0.3, -0.25) is 0 Å². The van der Waals surface area contributed by atoms with Crippen molar-refractivity contribution >= 4 is 164 Å². The lowest BCUT2D eigenvalue weighted by atomic mass is 9.39. The zero-order valence-electron chi connectivity index (χ0n) is 57.6. The molecule has 0 fully saturated rings. The molecule has 2 atom stereocenters. The van der Waals surface area contributed by atoms with E-state index in [0.717, 1.165) is 88.8 Å². The van der Waals surface area contributed by atoms with Crippen LogP contribution in [0.15, 0.2) is 312 Å². The first-order valence-electron chi connectivity index (χ1n) is 36.0. The molecule has 102 heavy (non-hydrogen) atoms. The van der Waals surface area contributed by atoms with E-state index in [-0.39, 0.29) is 0 Å². The van der Waals surface area contributed by atoms with E-state index in [1.165, 1.54) is 120 Å². The lowest BCUT2D eigenvalue weighted by Gasteiger charge is -2.62. The van der Waals surface area contributed by atoms with Crippen molar-refractivity contribution in [3.8, 4) is 22.3 Å². The average molecular weight is 1310 g/mol. The number of para-hydroxylation sites is 4. The molecule has 2 aromatic heterocycles. The van der Waals surface area contributed by atoms with Crippen molar-refractivity contribution in [2.24, 2.45) is 10.8 Å². The summed E-state index contributed by atoms with van der Waals surface area (Å²) < 4.78 is 14.5. The summed E-state index contributed by atoms with van der Waals surface area (Å²) >= 11 is 0. The topological polar surface area (TPSA) is 32.8 Å². The van der Waals surface area contributed by atoms with Gasteiger partial charge in [0.15, 0.2) is 11.2 Å². The summed E-state index contributed by atoms with van der Waals surface area (Å²) in [5.41, 5.74) is 17.3. The molecule has 0 aliphatic heterocycles. The molecule has 0 radical (unpaired) electrons. The van der Waals surface area contributed by atoms with Gasteiger partial charge in [-0.2, -0.15) is 0 Å². The van der Waals surface area contributed by atoms with Gasteiger partial charge in [0.1, 0.15) is 11.2 Å². The van der Waals surface area contributed by atoms with Crippen molar-refractivity contribution in [2.45, 2.75) is 52.4 Å². The summed E-state index contributed by atoms with van der Waals surface area (Å²) in [6.07, 6.45) is 0. The Morgan fingerprint density at radius 3 is 0.971 bits per heavy atom. The van der Waals surface area contributed by atoms with Crippen molar-refractivity contribution < 1.29 is 8.83 Å². The van der Waals surface area contributed by atoms with Gasteiger partial charge in [0, 0.05) is 53.9 Å². The predicted octanol–water partition coefficient (Wildman–Crippen LogP) is 27.9. The zero-order valence-corrected chi connectivity index (χ0v) is 57.6. The van der Waals surface area contributed by atoms with Gasteiger partial charge >= 0.3 is 0 Å². The van der Waals surface area contributed by atoms with Gasteiger partial charge in [-0.25, -0.2) is 0 Å². The van der Waals surface area contributed by atoms with Crippen LogP contribution in [-0.2, 0) is 10.8 Å². The first-order valence-corrected chi connectivity index (χ1v) is 36.0. The van der Waals surface area contributed by atoms with Crippen LogP contribution >= 0.6 is 0 Å². The van der Waals surface area contributed by atoms with Crippen molar-refractivity contribution in [3.63, 3.8) is 0 Å². The molecule has 2 heterocycles. The molecule has 0 amide bonds. The largest absolute Gasteiger partial charge is 0.454 e. The fourth-order valence-corrected chi connectivity index (χ4v) is 20.6. The molecule has 22 rings (SSSR count). The quantitative estimate of drug-likeness (QED) is 0.149. The van der Waals surface area contributed by atoms with Crippen LogP contribution < -0.4 is 9.80 Å². The van der Waals surface area contributed by atoms with Gasteiger partial charge in [0.25, 0.3) is 0 Å². The molecular weight excluding hydrogens is 1240 g/mol.